The molecule has 3 aromatic carbocycles. The smallest absolute Gasteiger partial charge is 0.355 e. The number of aromatic hydroxyl groups is 3. The number of phenols is 3. The van der Waals surface area contributed by atoms with E-state index in [9.17, 15) is 61.0 Å². The number of carboxylic acids is 1. The Morgan fingerprint density at radius 2 is 1.77 bits per heavy atom. The first-order chi connectivity index (χ1) is 35.4. The van der Waals surface area contributed by atoms with E-state index >= 15 is 4.79 Å². The number of hydrogen-bond donors (Lipinski definition) is 14. The van der Waals surface area contributed by atoms with Crippen molar-refractivity contribution in [2.24, 2.45) is 34.2 Å². The number of anilines is 1. The number of carbonyl (C=O) groups is 2. The molecule has 1 aromatic heterocycles. The van der Waals surface area contributed by atoms with E-state index in [1.54, 1.807) is 30.5 Å². The van der Waals surface area contributed by atoms with Crippen LogP contribution in [0.1, 0.15) is 90.8 Å². The van der Waals surface area contributed by atoms with E-state index in [0.29, 0.717) is 60.1 Å². The van der Waals surface area contributed by atoms with Crippen LogP contribution in [0.4, 0.5) is 5.69 Å². The van der Waals surface area contributed by atoms with Crippen molar-refractivity contribution in [3.05, 3.63) is 112 Å². The quantitative estimate of drug-likeness (QED) is 0.0178. The maximum atomic E-state index is 15.4. The summed E-state index contributed by atoms with van der Waals surface area (Å²) in [5.74, 6) is -10.2. The topological polar surface area (TPSA) is 371 Å². The van der Waals surface area contributed by atoms with Gasteiger partial charge in [-0.2, -0.15) is 0 Å². The average Bonchev–Trinajstić information content (AvgIpc) is 4.17. The molecule has 9 rings (SSSR count). The van der Waals surface area contributed by atoms with E-state index in [2.05, 4.69) is 15.0 Å². The Balaban J connectivity index is 1.24. The average molecular weight is 1030 g/mol. The molecule has 0 radical (unpaired) electrons. The molecule has 16 N–H and O–H groups in total. The second-order valence-corrected chi connectivity index (χ2v) is 20.3. The number of imidazole rings is 1. The van der Waals surface area contributed by atoms with Crippen molar-refractivity contribution in [2.45, 2.75) is 118 Å². The summed E-state index contributed by atoms with van der Waals surface area (Å²) in [5, 5.41) is 124. The molecule has 3 heterocycles. The number of aliphatic hydroxyl groups is 7. The fourth-order valence-corrected chi connectivity index (χ4v) is 13.1. The van der Waals surface area contributed by atoms with Gasteiger partial charge >= 0.3 is 11.9 Å². The van der Waals surface area contributed by atoms with Crippen LogP contribution in [0.3, 0.4) is 0 Å². The molecule has 0 unspecified atom stereocenters. The highest BCUT2D eigenvalue weighted by molar-refractivity contribution is 6.13. The Labute approximate surface area is 425 Å². The lowest BCUT2D eigenvalue weighted by Gasteiger charge is -2.58. The Morgan fingerprint density at radius 3 is 2.49 bits per heavy atom. The lowest BCUT2D eigenvalue weighted by atomic mass is 9.45. The Kier molecular flexibility index (Phi) is 14.6. The first-order valence-electron chi connectivity index (χ1n) is 24.9. The SMILES string of the molecule is NC(N)=NCCC[C@H](O)CCC1=C[C@]2(C(=O)O)[C@@H](c3cc(O)c(O[C@]4(O)O[C@H](CO)[C@@H](O)[C@H](O)[C@H]4O)cc3N2C(=O)/C=C/c2ccc(O)c(Cc3cnc[nH]3)c2)[C@@H]1[C@@]12c3c(O)cccc3CC[C@H]1CCC[C@@H]2CO. The summed E-state index contributed by atoms with van der Waals surface area (Å²) >= 11 is 0. The van der Waals surface area contributed by atoms with Crippen molar-refractivity contribution >= 4 is 29.6 Å². The predicted molar refractivity (Wildman–Crippen MR) is 266 cm³/mol. The fourth-order valence-electron chi connectivity index (χ4n) is 13.1. The molecule has 4 aromatic rings. The minimum atomic E-state index is -3.23. The van der Waals surface area contributed by atoms with E-state index in [1.165, 1.54) is 30.6 Å². The monoisotopic (exact) mass is 1020 g/mol. The van der Waals surface area contributed by atoms with E-state index < -0.39 is 95.2 Å². The maximum absolute atomic E-state index is 15.4. The second-order valence-electron chi connectivity index (χ2n) is 20.3. The summed E-state index contributed by atoms with van der Waals surface area (Å²) in [6.45, 7) is -1.04. The van der Waals surface area contributed by atoms with Gasteiger partial charge < -0.3 is 82.1 Å². The van der Waals surface area contributed by atoms with E-state index in [0.717, 1.165) is 29.0 Å². The number of phenolic OH excluding ortho intramolecular Hbond substituents is 3. The number of ether oxygens (including phenoxy) is 2. The van der Waals surface area contributed by atoms with E-state index in [4.69, 9.17) is 20.9 Å². The van der Waals surface area contributed by atoms with Crippen molar-refractivity contribution in [3.8, 4) is 23.0 Å². The summed E-state index contributed by atoms with van der Waals surface area (Å²) < 4.78 is 11.1. The van der Waals surface area contributed by atoms with E-state index in [1.807, 2.05) is 6.07 Å². The highest BCUT2D eigenvalue weighted by Gasteiger charge is 2.71. The number of amides is 1. The Morgan fingerprint density at radius 1 is 0.973 bits per heavy atom. The number of aryl methyl sites for hydroxylation is 1. The van der Waals surface area contributed by atoms with Crippen LogP contribution in [-0.4, -0.2) is 146 Å². The lowest BCUT2D eigenvalue weighted by Crippen LogP contribution is -2.67. The molecule has 74 heavy (non-hydrogen) atoms. The number of hydrogen-bond acceptors (Lipinski definition) is 16. The molecule has 2 aliphatic heterocycles. The van der Waals surface area contributed by atoms with Gasteiger partial charge in [-0.25, -0.2) is 9.78 Å². The second kappa shape index (κ2) is 20.6. The standard InChI is InChI=1S/C53H64N6O15/c54-50(55)57-17-3-7-34(62)14-12-29-22-51(49(70)71)45(44(29)52-31(5-2-6-32(52)24-60)13-11-28-4-1-8-38(64)43(28)52)35-20-39(65)40(73-53(72)48(69)47(68)46(67)41(25-61)74-53)21-36(35)59(51)42(66)16-10-27-9-15-37(63)30(18-27)19-33-23-56-26-58-33/h1,4,8-10,15-16,18,20-23,26,31-32,34,41,44-48,60-65,67-69,72H,2-3,5-7,11-14,17,19,24-25H2,(H,56,58)(H,70,71)(H4,54,55,57)/b16-10+/t31-,32-,34+,41-,44-,45+,46-,47+,48-,51-,52+,53+/m1/s1. The van der Waals surface area contributed by atoms with Crippen LogP contribution in [0.2, 0.25) is 0 Å². The van der Waals surface area contributed by atoms with E-state index in [-0.39, 0.29) is 73.5 Å². The number of nitrogens with zero attached hydrogens (tertiary/aromatic N) is 3. The number of aliphatic imine (C=N–C) groups is 1. The summed E-state index contributed by atoms with van der Waals surface area (Å²) in [6.07, 6.45) is 2.47. The molecular formula is C53H64N6O15. The number of aromatic nitrogens is 2. The molecule has 0 spiro atoms. The number of rotatable bonds is 17. The number of aliphatic hydroxyl groups excluding tert-OH is 6. The third-order valence-electron chi connectivity index (χ3n) is 16.1. The molecule has 21 heteroatoms. The highest BCUT2D eigenvalue weighted by atomic mass is 16.8. The predicted octanol–water partition coefficient (Wildman–Crippen LogP) is 1.63. The van der Waals surface area contributed by atoms with Gasteiger partial charge in [0.15, 0.2) is 29.1 Å². The summed E-state index contributed by atoms with van der Waals surface area (Å²) in [5.41, 5.74) is 11.1. The van der Waals surface area contributed by atoms with Crippen molar-refractivity contribution in [1.29, 1.82) is 0 Å². The van der Waals surface area contributed by atoms with Crippen LogP contribution in [-0.2, 0) is 32.6 Å². The lowest BCUT2D eigenvalue weighted by molar-refractivity contribution is -0.422. The van der Waals surface area contributed by atoms with Gasteiger partial charge in [0.05, 0.1) is 24.7 Å². The first-order valence-corrected chi connectivity index (χ1v) is 24.9. The minimum Gasteiger partial charge on any atom is -0.508 e. The minimum absolute atomic E-state index is 0.0250. The normalized spacial score (nSPS) is 30.5. The largest absolute Gasteiger partial charge is 0.508 e. The summed E-state index contributed by atoms with van der Waals surface area (Å²) in [7, 11) is 0. The van der Waals surface area contributed by atoms with Crippen molar-refractivity contribution in [3.63, 3.8) is 0 Å². The number of fused-ring (bicyclic) bond motifs is 6. The van der Waals surface area contributed by atoms with Gasteiger partial charge in [0.25, 0.3) is 5.91 Å². The van der Waals surface area contributed by atoms with Crippen molar-refractivity contribution in [1.82, 2.24) is 9.97 Å². The number of aromatic amines is 1. The molecule has 396 valence electrons. The summed E-state index contributed by atoms with van der Waals surface area (Å²) in [6, 6.07) is 12.2. The number of H-pyrrole nitrogens is 1. The van der Waals surface area contributed by atoms with Crippen LogP contribution in [0.25, 0.3) is 6.08 Å². The number of carbonyl (C=O) groups excluding carboxylic acids is 1. The van der Waals surface area contributed by atoms with Crippen molar-refractivity contribution in [2.75, 3.05) is 24.7 Å². The molecule has 12 atom stereocenters. The van der Waals surface area contributed by atoms with Gasteiger partial charge in [-0.05, 0) is 116 Å². The van der Waals surface area contributed by atoms with Gasteiger partial charge in [0, 0.05) is 72.0 Å². The van der Waals surface area contributed by atoms with Crippen LogP contribution >= 0.6 is 0 Å². The molecular weight excluding hydrogens is 961 g/mol. The van der Waals surface area contributed by atoms with Gasteiger partial charge in [-0.15, -0.1) is 0 Å². The number of benzene rings is 3. The molecule has 0 bridgehead atoms. The molecule has 2 fully saturated rings. The van der Waals surface area contributed by atoms with Gasteiger partial charge in [0.1, 0.15) is 29.8 Å². The maximum Gasteiger partial charge on any atom is 0.355 e. The molecule has 1 amide bonds. The Hall–Kier alpha value is -6.56. The number of nitrogens with one attached hydrogen (secondary N) is 1. The highest BCUT2D eigenvalue weighted by Crippen LogP contribution is 2.70. The number of aliphatic carboxylic acids is 1. The molecule has 3 aliphatic carbocycles. The molecule has 5 aliphatic rings. The van der Waals surface area contributed by atoms with Gasteiger partial charge in [0.2, 0.25) is 0 Å². The Bertz CT molecular complexity index is 2840. The number of nitrogens with two attached hydrogens (primary N) is 2. The number of guanidine groups is 1. The fraction of sp³-hybridized carbons (Fsp3) is 0.472. The number of allylic oxidation sites excluding steroid dienone is 1. The molecule has 21 nitrogen and oxygen atoms in total. The molecule has 1 saturated carbocycles. The van der Waals surface area contributed by atoms with Crippen LogP contribution in [0.15, 0.2) is 83.8 Å². The zero-order chi connectivity index (χ0) is 52.9. The third kappa shape index (κ3) is 8.93. The first kappa shape index (κ1) is 52.3. The third-order valence-corrected chi connectivity index (χ3v) is 16.1. The zero-order valence-electron chi connectivity index (χ0n) is 40.4. The van der Waals surface area contributed by atoms with Gasteiger partial charge in [-0.1, -0.05) is 30.2 Å². The zero-order valence-corrected chi connectivity index (χ0v) is 40.4. The molecule has 1 saturated heterocycles. The van der Waals surface area contributed by atoms with Crippen LogP contribution in [0.5, 0.6) is 23.0 Å². The van der Waals surface area contributed by atoms with Gasteiger partial charge in [-0.3, -0.25) is 14.7 Å². The van der Waals surface area contributed by atoms with Crippen LogP contribution in [0, 0.1) is 17.8 Å². The number of carboxylic acid groups (broad SMARTS) is 1. The van der Waals surface area contributed by atoms with Crippen LogP contribution < -0.4 is 21.1 Å². The van der Waals surface area contributed by atoms with Crippen molar-refractivity contribution < 1.29 is 75.2 Å². The summed E-state index contributed by atoms with van der Waals surface area (Å²) in [4.78, 5) is 42.4.